The van der Waals surface area contributed by atoms with Gasteiger partial charge < -0.3 is 14.6 Å². The molecule has 218 valence electrons. The first-order valence-corrected chi connectivity index (χ1v) is 14.5. The van der Waals surface area contributed by atoms with Crippen molar-refractivity contribution < 1.29 is 23.2 Å². The van der Waals surface area contributed by atoms with Crippen LogP contribution in [0.1, 0.15) is 48.3 Å². The number of carbonyl (C=O) groups excluding carboxylic acids is 2. The minimum Gasteiger partial charge on any atom is -0.436 e. The molecular formula is C31H30FN8O3+. The molecule has 1 N–H and O–H groups in total. The normalized spacial score (nSPS) is 22.4. The van der Waals surface area contributed by atoms with Crippen LogP contribution in [0.2, 0.25) is 0 Å². The zero-order valence-corrected chi connectivity index (χ0v) is 23.5. The van der Waals surface area contributed by atoms with E-state index in [0.717, 1.165) is 18.4 Å². The Kier molecular flexibility index (Phi) is 6.96. The van der Waals surface area contributed by atoms with Crippen molar-refractivity contribution in [1.82, 2.24) is 14.9 Å². The molecule has 1 aliphatic carbocycles. The van der Waals surface area contributed by atoms with E-state index in [9.17, 15) is 14.0 Å². The maximum absolute atomic E-state index is 13.5. The number of carbonyl (C=O) groups is 2. The molecule has 12 heteroatoms. The summed E-state index contributed by atoms with van der Waals surface area (Å²) in [5.41, 5.74) is 3.65. The topological polar surface area (TPSA) is 128 Å². The number of hydrogen-bond acceptors (Lipinski definition) is 8. The van der Waals surface area contributed by atoms with Gasteiger partial charge >= 0.3 is 0 Å². The number of piperidine rings is 1. The van der Waals surface area contributed by atoms with Gasteiger partial charge in [-0.2, -0.15) is 0 Å². The molecule has 1 saturated heterocycles. The second kappa shape index (κ2) is 11.1. The van der Waals surface area contributed by atoms with Crippen LogP contribution in [0.15, 0.2) is 86.7 Å². The van der Waals surface area contributed by atoms with Gasteiger partial charge in [0.1, 0.15) is 17.4 Å². The zero-order valence-electron chi connectivity index (χ0n) is 23.5. The van der Waals surface area contributed by atoms with Crippen LogP contribution in [0.25, 0.3) is 22.6 Å². The molecule has 2 amide bonds. The molecule has 11 nitrogen and oxygen atoms in total. The van der Waals surface area contributed by atoms with E-state index >= 15 is 0 Å². The van der Waals surface area contributed by atoms with Crippen LogP contribution in [-0.4, -0.2) is 56.9 Å². The summed E-state index contributed by atoms with van der Waals surface area (Å²) < 4.78 is 19.2. The lowest BCUT2D eigenvalue weighted by molar-refractivity contribution is -0.647. The molecule has 0 bridgehead atoms. The van der Waals surface area contributed by atoms with Crippen molar-refractivity contribution in [2.45, 2.75) is 44.6 Å². The SMILES string of the molecule is CC1N=N[N+]([C@H](c2ccccc2)C2CCN(C(=O)c3cc(-c4nc5cc(NC(=O)[C@@H]6C[C@@H]6F)ccc5o4)ccn3)CC2)=N1. The Bertz CT molecular complexity index is 1750. The highest BCUT2D eigenvalue weighted by Gasteiger charge is 2.43. The van der Waals surface area contributed by atoms with Crippen molar-refractivity contribution in [3.05, 3.63) is 78.1 Å². The number of oxazole rings is 1. The second-order valence-corrected chi connectivity index (χ2v) is 11.2. The van der Waals surface area contributed by atoms with Crippen molar-refractivity contribution in [3.8, 4) is 11.5 Å². The van der Waals surface area contributed by atoms with Crippen molar-refractivity contribution >= 4 is 28.6 Å². The fourth-order valence-electron chi connectivity index (χ4n) is 5.78. The van der Waals surface area contributed by atoms with E-state index in [4.69, 9.17) is 4.42 Å². The number of alkyl halides is 1. The van der Waals surface area contributed by atoms with Gasteiger partial charge in [-0.1, -0.05) is 30.3 Å². The number of azo groups is 1. The van der Waals surface area contributed by atoms with Crippen molar-refractivity contribution in [1.29, 1.82) is 0 Å². The third-order valence-electron chi connectivity index (χ3n) is 8.19. The van der Waals surface area contributed by atoms with Gasteiger partial charge in [-0.3, -0.25) is 14.6 Å². The summed E-state index contributed by atoms with van der Waals surface area (Å²) >= 11 is 0. The minimum atomic E-state index is -1.06. The number of anilines is 1. The number of halogens is 1. The largest absolute Gasteiger partial charge is 0.436 e. The molecule has 0 radical (unpaired) electrons. The molecule has 43 heavy (non-hydrogen) atoms. The van der Waals surface area contributed by atoms with Crippen LogP contribution in [0.5, 0.6) is 0 Å². The summed E-state index contributed by atoms with van der Waals surface area (Å²) in [4.78, 5) is 38.1. The molecule has 1 unspecified atom stereocenters. The van der Waals surface area contributed by atoms with Gasteiger partial charge in [-0.25, -0.2) is 9.37 Å². The standard InChI is InChI=1S/C31H29FN8O3/c1-18-36-38-40(37-18)28(19-5-3-2-4-6-19)20-10-13-39(14-11-20)31(42)26-15-21(9-12-33-26)30-35-25-16-22(7-8-27(25)43-30)34-29(41)23-17-24(23)32/h2-9,12,15-16,18,20,23-24,28H,10-11,13-14,17H2,1H3/p+1/t18?,23-,24+,28-/m1/s1. The molecule has 4 heterocycles. The average molecular weight is 582 g/mol. The summed E-state index contributed by atoms with van der Waals surface area (Å²) in [6, 6.07) is 18.7. The van der Waals surface area contributed by atoms with Crippen molar-refractivity contribution in [2.75, 3.05) is 18.4 Å². The van der Waals surface area contributed by atoms with Gasteiger partial charge in [0.25, 0.3) is 12.1 Å². The number of nitrogens with zero attached hydrogens (tertiary/aromatic N) is 7. The highest BCUT2D eigenvalue weighted by atomic mass is 19.1. The van der Waals surface area contributed by atoms with Crippen LogP contribution in [-0.2, 0) is 4.79 Å². The summed E-state index contributed by atoms with van der Waals surface area (Å²) in [5.74, 6) is -0.482. The Morgan fingerprint density at radius 3 is 2.60 bits per heavy atom. The molecule has 2 fully saturated rings. The van der Waals surface area contributed by atoms with E-state index in [-0.39, 0.29) is 36.4 Å². The maximum atomic E-state index is 13.5. The van der Waals surface area contributed by atoms with Gasteiger partial charge in [0.05, 0.1) is 11.0 Å². The molecule has 4 atom stereocenters. The molecule has 4 aromatic rings. The summed E-state index contributed by atoms with van der Waals surface area (Å²) in [7, 11) is 0. The van der Waals surface area contributed by atoms with Crippen LogP contribution < -0.4 is 5.32 Å². The Hall–Kier alpha value is -4.87. The number of fused-ring (bicyclic) bond motifs is 1. The quantitative estimate of drug-likeness (QED) is 0.269. The number of likely N-dealkylation sites (tertiary alicyclic amines) is 1. The monoisotopic (exact) mass is 581 g/mol. The molecule has 3 aliphatic rings. The number of rotatable bonds is 7. The Balaban J connectivity index is 1.04. The Morgan fingerprint density at radius 1 is 1.09 bits per heavy atom. The van der Waals surface area contributed by atoms with Crippen molar-refractivity contribution in [3.63, 3.8) is 0 Å². The minimum absolute atomic E-state index is 0.0454. The first-order valence-electron chi connectivity index (χ1n) is 14.5. The summed E-state index contributed by atoms with van der Waals surface area (Å²) in [6.45, 7) is 3.08. The molecule has 7 rings (SSSR count). The van der Waals surface area contributed by atoms with E-state index in [1.54, 1.807) is 41.3 Å². The van der Waals surface area contributed by atoms with Crippen LogP contribution in [0.3, 0.4) is 0 Å². The predicted molar refractivity (Wildman–Crippen MR) is 154 cm³/mol. The predicted octanol–water partition coefficient (Wildman–Crippen LogP) is 5.97. The summed E-state index contributed by atoms with van der Waals surface area (Å²) in [5, 5.41) is 15.8. The molecule has 1 saturated carbocycles. The van der Waals surface area contributed by atoms with E-state index in [1.165, 1.54) is 0 Å². The number of amides is 2. The summed E-state index contributed by atoms with van der Waals surface area (Å²) in [6.07, 6.45) is 2.15. The molecule has 0 spiro atoms. The number of benzene rings is 2. The number of nitrogens with one attached hydrogen (secondary N) is 1. The van der Waals surface area contributed by atoms with Gasteiger partial charge in [0.2, 0.25) is 11.8 Å². The maximum Gasteiger partial charge on any atom is 0.292 e. The molecule has 2 aliphatic heterocycles. The lowest BCUT2D eigenvalue weighted by Crippen LogP contribution is -2.41. The van der Waals surface area contributed by atoms with Gasteiger partial charge in [0.15, 0.2) is 16.8 Å². The van der Waals surface area contributed by atoms with Gasteiger partial charge in [-0.05, 0) is 59.5 Å². The van der Waals surface area contributed by atoms with Crippen LogP contribution in [0.4, 0.5) is 10.1 Å². The van der Waals surface area contributed by atoms with Crippen molar-refractivity contribution in [2.24, 2.45) is 27.3 Å². The number of hydrogen-bond donors (Lipinski definition) is 1. The Labute approximate surface area is 246 Å². The van der Waals surface area contributed by atoms with Crippen LogP contribution >= 0.6 is 0 Å². The van der Waals surface area contributed by atoms with Crippen LogP contribution in [0, 0.1) is 11.8 Å². The zero-order chi connectivity index (χ0) is 29.5. The smallest absolute Gasteiger partial charge is 0.292 e. The van der Waals surface area contributed by atoms with Gasteiger partial charge in [-0.15, -0.1) is 0 Å². The average Bonchev–Trinajstić information content (AvgIpc) is 3.39. The highest BCUT2D eigenvalue weighted by Crippen LogP contribution is 2.37. The first kappa shape index (κ1) is 27.0. The third-order valence-corrected chi connectivity index (χ3v) is 8.19. The molecule has 2 aromatic carbocycles. The molecule has 2 aromatic heterocycles. The van der Waals surface area contributed by atoms with E-state index in [0.29, 0.717) is 47.0 Å². The lowest BCUT2D eigenvalue weighted by Gasteiger charge is -2.34. The van der Waals surface area contributed by atoms with E-state index in [2.05, 4.69) is 42.9 Å². The number of aromatic nitrogens is 2. The van der Waals surface area contributed by atoms with Gasteiger partial charge in [0, 0.05) is 48.9 Å². The molecular weight excluding hydrogens is 551 g/mol. The fraction of sp³-hybridized carbons (Fsp3) is 0.355. The fourth-order valence-corrected chi connectivity index (χ4v) is 5.78. The number of pyridine rings is 1. The Morgan fingerprint density at radius 2 is 1.88 bits per heavy atom. The highest BCUT2D eigenvalue weighted by molar-refractivity contribution is 5.96. The first-order chi connectivity index (χ1) is 20.9. The second-order valence-electron chi connectivity index (χ2n) is 11.2. The lowest BCUT2D eigenvalue weighted by atomic mass is 9.85. The van der Waals surface area contributed by atoms with E-state index < -0.39 is 12.1 Å². The van der Waals surface area contributed by atoms with E-state index in [1.807, 2.05) is 30.0 Å². The third kappa shape index (κ3) is 5.52.